The lowest BCUT2D eigenvalue weighted by atomic mass is 9.98. The van der Waals surface area contributed by atoms with Crippen molar-refractivity contribution in [3.05, 3.63) is 51.0 Å². The van der Waals surface area contributed by atoms with E-state index in [4.69, 9.17) is 20.0 Å². The monoisotopic (exact) mass is 620 g/mol. The van der Waals surface area contributed by atoms with Gasteiger partial charge in [0, 0.05) is 29.9 Å². The highest BCUT2D eigenvalue weighted by Crippen LogP contribution is 2.41. The molecule has 2 aromatic rings. The highest BCUT2D eigenvalue weighted by Gasteiger charge is 2.54. The third kappa shape index (κ3) is 6.41. The summed E-state index contributed by atoms with van der Waals surface area (Å²) in [5.74, 6) is -3.13. The highest BCUT2D eigenvalue weighted by molar-refractivity contribution is 8.00. The van der Waals surface area contributed by atoms with Gasteiger partial charge in [0.05, 0.1) is 11.6 Å². The Balaban J connectivity index is 1.57. The van der Waals surface area contributed by atoms with Crippen LogP contribution in [0.25, 0.3) is 0 Å². The van der Waals surface area contributed by atoms with Crippen LogP contribution >= 0.6 is 23.1 Å². The van der Waals surface area contributed by atoms with Gasteiger partial charge in [-0.05, 0) is 26.3 Å². The number of nitrogens with two attached hydrogens (primary N) is 1. The molecule has 0 aromatic carbocycles. The molecule has 0 saturated carbocycles. The number of rotatable bonds is 9. The van der Waals surface area contributed by atoms with Crippen molar-refractivity contribution in [2.75, 3.05) is 25.4 Å². The number of hydrogen-bond donors (Lipinski definition) is 3. The number of aromatic nitrogens is 2. The van der Waals surface area contributed by atoms with Crippen LogP contribution in [-0.4, -0.2) is 80.1 Å². The first-order valence-electron chi connectivity index (χ1n) is 12.3. The molecule has 2 amide bonds. The Labute approximate surface area is 247 Å². The first kappa shape index (κ1) is 30.6. The van der Waals surface area contributed by atoms with Gasteiger partial charge in [-0.25, -0.2) is 9.78 Å². The predicted octanol–water partition coefficient (Wildman–Crippen LogP) is 0.387. The lowest BCUT2D eigenvalue weighted by Crippen LogP contribution is -2.71. The van der Waals surface area contributed by atoms with E-state index in [2.05, 4.69) is 15.5 Å². The summed E-state index contributed by atoms with van der Waals surface area (Å²) in [6, 6.07) is 0.133. The molecule has 15 nitrogen and oxygen atoms in total. The number of β-lactam (4-membered cyclic amide) rings is 1. The van der Waals surface area contributed by atoms with Gasteiger partial charge in [-0.2, -0.15) is 0 Å². The number of nitrogens with zero attached hydrogens (tertiary/aromatic N) is 4. The number of carbonyl (C=O) groups is 4. The van der Waals surface area contributed by atoms with E-state index >= 15 is 0 Å². The number of nitrogen functional groups attached to an aromatic ring is 1. The van der Waals surface area contributed by atoms with Gasteiger partial charge in [-0.1, -0.05) is 5.16 Å². The van der Waals surface area contributed by atoms with Crippen LogP contribution in [0.3, 0.4) is 0 Å². The van der Waals surface area contributed by atoms with Crippen LogP contribution in [-0.2, 0) is 40.0 Å². The second-order valence-corrected chi connectivity index (χ2v) is 12.1. The number of aromatic hydroxyl groups is 1. The summed E-state index contributed by atoms with van der Waals surface area (Å²) in [7, 11) is 1.25. The van der Waals surface area contributed by atoms with E-state index in [1.807, 2.05) is 0 Å². The minimum atomic E-state index is -1.03. The van der Waals surface area contributed by atoms with Gasteiger partial charge in [0.1, 0.15) is 29.9 Å². The minimum absolute atomic E-state index is 0.0243. The molecule has 0 spiro atoms. The first-order valence-corrected chi connectivity index (χ1v) is 14.3. The van der Waals surface area contributed by atoms with Gasteiger partial charge < -0.3 is 35.0 Å². The molecule has 1 saturated heterocycles. The maximum atomic E-state index is 13.4. The van der Waals surface area contributed by atoms with Gasteiger partial charge in [0.2, 0.25) is 12.2 Å². The molecule has 1 fully saturated rings. The van der Waals surface area contributed by atoms with E-state index in [0.29, 0.717) is 5.57 Å². The molecule has 4 N–H and O–H groups in total. The number of nitrogens with one attached hydrogen (secondary N) is 1. The molecule has 0 radical (unpaired) electrons. The number of hydrogen-bond acceptors (Lipinski definition) is 14. The molecular weight excluding hydrogens is 592 g/mol. The fraction of sp³-hybridized carbons (Fsp3) is 0.400. The second-order valence-electron chi connectivity index (χ2n) is 10.1. The Hall–Kier alpha value is -4.38. The normalized spacial score (nSPS) is 18.6. The van der Waals surface area contributed by atoms with E-state index in [9.17, 15) is 29.1 Å². The first-order chi connectivity index (χ1) is 19.8. The zero-order valence-electron chi connectivity index (χ0n) is 23.0. The van der Waals surface area contributed by atoms with E-state index in [1.165, 1.54) is 46.1 Å². The summed E-state index contributed by atoms with van der Waals surface area (Å²) < 4.78 is 11.7. The van der Waals surface area contributed by atoms with Crippen LogP contribution in [0.2, 0.25) is 0 Å². The van der Waals surface area contributed by atoms with Crippen molar-refractivity contribution in [1.29, 1.82) is 0 Å². The van der Waals surface area contributed by atoms with Crippen molar-refractivity contribution in [2.45, 2.75) is 38.7 Å². The van der Waals surface area contributed by atoms with Gasteiger partial charge in [-0.3, -0.25) is 24.1 Å². The summed E-state index contributed by atoms with van der Waals surface area (Å²) in [5, 5.41) is 17.2. The zero-order valence-corrected chi connectivity index (χ0v) is 24.6. The number of thiazole rings is 1. The van der Waals surface area contributed by atoms with Crippen molar-refractivity contribution in [3.8, 4) is 5.75 Å². The lowest BCUT2D eigenvalue weighted by Gasteiger charge is -2.49. The van der Waals surface area contributed by atoms with E-state index < -0.39 is 58.6 Å². The summed E-state index contributed by atoms with van der Waals surface area (Å²) in [6.45, 7) is 4.26. The number of carbonyl (C=O) groups excluding carboxylic acids is 4. The topological polar surface area (TPSA) is 205 Å². The molecule has 2 aliphatic heterocycles. The Morgan fingerprint density at radius 3 is 2.62 bits per heavy atom. The molecule has 42 heavy (non-hydrogen) atoms. The average molecular weight is 621 g/mol. The van der Waals surface area contributed by atoms with Crippen LogP contribution in [0.4, 0.5) is 5.13 Å². The maximum absolute atomic E-state index is 13.4. The van der Waals surface area contributed by atoms with Crippen molar-refractivity contribution < 1.29 is 38.6 Å². The largest absolute Gasteiger partial charge is 0.503 e. The van der Waals surface area contributed by atoms with Crippen LogP contribution in [0.1, 0.15) is 26.5 Å². The minimum Gasteiger partial charge on any atom is -0.503 e. The van der Waals surface area contributed by atoms with Crippen LogP contribution in [0, 0.1) is 5.41 Å². The van der Waals surface area contributed by atoms with E-state index in [1.54, 1.807) is 20.8 Å². The van der Waals surface area contributed by atoms with E-state index in [-0.39, 0.29) is 34.5 Å². The fourth-order valence-corrected chi connectivity index (χ4v) is 5.83. The quantitative estimate of drug-likeness (QED) is 0.114. The molecule has 2 aromatic heterocycles. The molecule has 17 heteroatoms. The molecule has 4 heterocycles. The Morgan fingerprint density at radius 2 is 2.00 bits per heavy atom. The predicted molar refractivity (Wildman–Crippen MR) is 151 cm³/mol. The SMILES string of the molecule is CO/N=C(\C(=O)N[C@@H]1C(=O)N2C(C(=O)OCOC(=O)C(C)(C)C)=C(Cn3ccc(=O)c(O)c3)CS[C@H]12)c1csc(N)n1. The molecular formula is C25H28N6O9S2. The number of amides is 2. The van der Waals surface area contributed by atoms with Gasteiger partial charge in [0.15, 0.2) is 16.6 Å². The number of oxime groups is 1. The number of anilines is 1. The maximum Gasteiger partial charge on any atom is 0.358 e. The number of fused-ring (bicyclic) bond motifs is 1. The van der Waals surface area contributed by atoms with Crippen molar-refractivity contribution in [3.63, 3.8) is 0 Å². The molecule has 0 aliphatic carbocycles. The molecule has 224 valence electrons. The van der Waals surface area contributed by atoms with Crippen molar-refractivity contribution in [1.82, 2.24) is 19.8 Å². The molecule has 0 bridgehead atoms. The molecule has 0 unspecified atom stereocenters. The lowest BCUT2D eigenvalue weighted by molar-refractivity contribution is -0.173. The Morgan fingerprint density at radius 1 is 1.26 bits per heavy atom. The molecule has 4 rings (SSSR count). The number of thioether (sulfide) groups is 1. The number of esters is 2. The number of pyridine rings is 1. The van der Waals surface area contributed by atoms with Crippen molar-refractivity contribution in [2.24, 2.45) is 10.6 Å². The second kappa shape index (κ2) is 12.2. The van der Waals surface area contributed by atoms with Crippen molar-refractivity contribution >= 4 is 57.7 Å². The smallest absolute Gasteiger partial charge is 0.358 e. The zero-order chi connectivity index (χ0) is 30.8. The Bertz CT molecular complexity index is 1540. The third-order valence-electron chi connectivity index (χ3n) is 6.01. The number of ether oxygens (including phenoxy) is 2. The summed E-state index contributed by atoms with van der Waals surface area (Å²) in [5.41, 5.74) is 4.57. The summed E-state index contributed by atoms with van der Waals surface area (Å²) in [6.07, 6.45) is 2.62. The average Bonchev–Trinajstić information content (AvgIpc) is 3.36. The standard InChI is InChI=1S/C25H28N6O9S2/c1-25(2,3)23(37)40-11-39-22(36)18-12(7-30-6-5-14(32)15(33)8-30)9-41-21-17(20(35)31(18)21)28-19(34)16(29-38-4)13-10-42-24(26)27-13/h5-6,8,10,17,21,33H,7,9,11H2,1-4H3,(H2,26,27)(H,28,34)/b29-16-/t17-,21-/m1/s1. The summed E-state index contributed by atoms with van der Waals surface area (Å²) >= 11 is 2.37. The molecule has 2 atom stereocenters. The van der Waals surface area contributed by atoms with Gasteiger partial charge in [0.25, 0.3) is 11.8 Å². The van der Waals surface area contributed by atoms with Crippen LogP contribution in [0.5, 0.6) is 5.75 Å². The van der Waals surface area contributed by atoms with E-state index in [0.717, 1.165) is 17.4 Å². The Kier molecular flexibility index (Phi) is 8.91. The highest BCUT2D eigenvalue weighted by atomic mass is 32.2. The van der Waals surface area contributed by atoms with Gasteiger partial charge in [-0.15, -0.1) is 23.1 Å². The molecule has 2 aliphatic rings. The van der Waals surface area contributed by atoms with Gasteiger partial charge >= 0.3 is 11.9 Å². The fourth-order valence-electron chi connectivity index (χ4n) is 3.95. The van der Waals surface area contributed by atoms with Crippen LogP contribution < -0.4 is 16.5 Å². The summed E-state index contributed by atoms with van der Waals surface area (Å²) in [4.78, 5) is 73.4. The van der Waals surface area contributed by atoms with Crippen LogP contribution in [0.15, 0.2) is 45.1 Å². The third-order valence-corrected chi connectivity index (χ3v) is 8.03.